The zero-order valence-corrected chi connectivity index (χ0v) is 50.9. The van der Waals surface area contributed by atoms with Gasteiger partial charge in [-0.3, -0.25) is 15.0 Å². The van der Waals surface area contributed by atoms with Crippen molar-refractivity contribution in [3.8, 4) is 67.9 Å². The molecule has 0 bridgehead atoms. The van der Waals surface area contributed by atoms with E-state index in [2.05, 4.69) is 260 Å². The largest absolute Gasteiger partial charge is 2.00 e. The Kier molecular flexibility index (Phi) is 14.0. The van der Waals surface area contributed by atoms with Crippen LogP contribution in [0.2, 0.25) is 0 Å². The second kappa shape index (κ2) is 21.7. The Morgan fingerprint density at radius 2 is 0.905 bits per heavy atom. The van der Waals surface area contributed by atoms with Crippen LogP contribution in [-0.4, -0.2) is 24.1 Å². The SMILES string of the molecule is Cc1nc2ccccc2c2cc3c(cc12)oc1c(-c2nc4ccccc4n2-c2c(C(C)C)cc(-c4ccccc4)cc2C(C)C)[c-]c(Oc2[c-]c(-c4nc5ccccc5n4-c4c(C(C)C)cc(-c5ccccc5)cc4C(C)C)ccc2)cc13.[Pt+2]. The zero-order chi connectivity index (χ0) is 56.8. The molecule has 0 spiro atoms. The molecule has 0 aliphatic rings. The fourth-order valence-corrected chi connectivity index (χ4v) is 12.5. The smallest absolute Gasteiger partial charge is 0.501 e. The minimum atomic E-state index is 0. The summed E-state index contributed by atoms with van der Waals surface area (Å²) in [6, 6.07) is 76.3. The van der Waals surface area contributed by atoms with E-state index in [1.165, 1.54) is 44.5 Å². The number of pyridine rings is 1. The van der Waals surface area contributed by atoms with Gasteiger partial charge in [-0.15, -0.1) is 23.8 Å². The van der Waals surface area contributed by atoms with Crippen LogP contribution in [0, 0.1) is 19.1 Å². The summed E-state index contributed by atoms with van der Waals surface area (Å²) >= 11 is 0. The van der Waals surface area contributed by atoms with E-state index in [0.29, 0.717) is 28.5 Å². The molecule has 0 saturated heterocycles. The van der Waals surface area contributed by atoms with Gasteiger partial charge in [-0.05, 0) is 147 Å². The van der Waals surface area contributed by atoms with Gasteiger partial charge in [0.15, 0.2) is 0 Å². The molecule has 0 amide bonds. The molecule has 7 nitrogen and oxygen atoms in total. The maximum atomic E-state index is 7.20. The van der Waals surface area contributed by atoms with E-state index in [0.717, 1.165) is 88.6 Å². The normalized spacial score (nSPS) is 12.0. The Hall–Kier alpha value is -8.90. The maximum absolute atomic E-state index is 7.20. The molecule has 0 radical (unpaired) electrons. The predicted molar refractivity (Wildman–Crippen MR) is 343 cm³/mol. The second-order valence-corrected chi connectivity index (χ2v) is 23.4. The summed E-state index contributed by atoms with van der Waals surface area (Å²) in [7, 11) is 0. The van der Waals surface area contributed by atoms with Gasteiger partial charge in [0.25, 0.3) is 0 Å². The number of ether oxygens (including phenoxy) is 1. The van der Waals surface area contributed by atoms with Crippen molar-refractivity contribution in [2.75, 3.05) is 0 Å². The van der Waals surface area contributed by atoms with Crippen molar-refractivity contribution in [1.29, 1.82) is 0 Å². The molecule has 0 unspecified atom stereocenters. The number of furan rings is 1. The van der Waals surface area contributed by atoms with E-state index < -0.39 is 0 Å². The topological polar surface area (TPSA) is 70.9 Å². The van der Waals surface area contributed by atoms with Crippen molar-refractivity contribution in [1.82, 2.24) is 24.1 Å². The number of aromatic nitrogens is 5. The molecule has 4 heterocycles. The van der Waals surface area contributed by atoms with Crippen molar-refractivity contribution in [3.05, 3.63) is 234 Å². The minimum Gasteiger partial charge on any atom is -0.501 e. The molecule has 4 aromatic heterocycles. The molecule has 414 valence electrons. The molecule has 10 aromatic carbocycles. The first-order valence-electron chi connectivity index (χ1n) is 29.1. The molecule has 0 saturated carbocycles. The van der Waals surface area contributed by atoms with Crippen molar-refractivity contribution >= 4 is 65.7 Å². The van der Waals surface area contributed by atoms with E-state index in [1.54, 1.807) is 0 Å². The Morgan fingerprint density at radius 1 is 0.405 bits per heavy atom. The summed E-state index contributed by atoms with van der Waals surface area (Å²) in [4.78, 5) is 16.0. The van der Waals surface area contributed by atoms with Gasteiger partial charge in [0.05, 0.1) is 44.8 Å². The molecule has 14 rings (SSSR count). The summed E-state index contributed by atoms with van der Waals surface area (Å²) in [5, 5.41) is 5.06. The van der Waals surface area contributed by atoms with Crippen LogP contribution in [0.3, 0.4) is 0 Å². The zero-order valence-electron chi connectivity index (χ0n) is 48.7. The van der Waals surface area contributed by atoms with Gasteiger partial charge in [-0.1, -0.05) is 188 Å². The van der Waals surface area contributed by atoms with Gasteiger partial charge in [0, 0.05) is 44.7 Å². The number of rotatable bonds is 12. The summed E-state index contributed by atoms with van der Waals surface area (Å²) in [6.07, 6.45) is 0. The standard InChI is InChI=1S/C76H63N5O2.Pt/c1-44(2)57-36-52(49-23-12-10-13-24-49)37-58(45(3)4)72(57)80-69-33-20-18-31-67(69)78-75(80)51-27-22-28-54(35-51)82-55-40-64-63-42-62-56-29-16-17-30-66(56)77-48(9)61(62)43-71(63)83-74(64)65(41-55)76-79-68-32-19-21-34-70(68)81(76)73-59(46(5)6)38-53(39-60(73)47(7)8)50-25-14-11-15-26-50;/h10-34,36-40,42-47H,1-9H3;/q-2;+2. The Labute approximate surface area is 504 Å². The molecular formula is C76H63N5O2Pt. The average Bonchev–Trinajstić information content (AvgIpc) is 2.03. The number of hydrogen-bond donors (Lipinski definition) is 0. The molecule has 0 aliphatic heterocycles. The fourth-order valence-electron chi connectivity index (χ4n) is 12.5. The molecule has 14 aromatic rings. The summed E-state index contributed by atoms with van der Waals surface area (Å²) < 4.78 is 19.1. The van der Waals surface area contributed by atoms with Crippen LogP contribution in [0.5, 0.6) is 11.5 Å². The third-order valence-corrected chi connectivity index (χ3v) is 16.6. The quantitative estimate of drug-likeness (QED) is 0.0900. The van der Waals surface area contributed by atoms with E-state index in [9.17, 15) is 0 Å². The van der Waals surface area contributed by atoms with Crippen LogP contribution in [0.15, 0.2) is 199 Å². The Morgan fingerprint density at radius 3 is 1.46 bits per heavy atom. The first-order chi connectivity index (χ1) is 40.4. The van der Waals surface area contributed by atoms with Crippen molar-refractivity contribution < 1.29 is 30.2 Å². The second-order valence-electron chi connectivity index (χ2n) is 23.4. The van der Waals surface area contributed by atoms with Crippen LogP contribution >= 0.6 is 0 Å². The summed E-state index contributed by atoms with van der Waals surface area (Å²) in [5.41, 5.74) is 20.5. The van der Waals surface area contributed by atoms with Crippen LogP contribution in [0.4, 0.5) is 0 Å². The number of hydrogen-bond acceptors (Lipinski definition) is 5. The molecule has 0 aliphatic carbocycles. The van der Waals surface area contributed by atoms with Gasteiger partial charge in [0.2, 0.25) is 0 Å². The van der Waals surface area contributed by atoms with E-state index in [4.69, 9.17) is 24.1 Å². The fraction of sp³-hybridized carbons (Fsp3) is 0.171. The van der Waals surface area contributed by atoms with Gasteiger partial charge in [-0.25, -0.2) is 0 Å². The monoisotopic (exact) mass is 1270 g/mol. The third kappa shape index (κ3) is 9.30. The van der Waals surface area contributed by atoms with Gasteiger partial charge in [-0.2, -0.15) is 0 Å². The van der Waals surface area contributed by atoms with Crippen LogP contribution in [0.1, 0.15) is 107 Å². The number of fused-ring (bicyclic) bond motifs is 8. The number of para-hydroxylation sites is 5. The first kappa shape index (κ1) is 54.4. The van der Waals surface area contributed by atoms with Crippen molar-refractivity contribution in [2.45, 2.75) is 86.0 Å². The molecule has 0 fully saturated rings. The van der Waals surface area contributed by atoms with Crippen LogP contribution in [0.25, 0.3) is 122 Å². The van der Waals surface area contributed by atoms with E-state index in [-0.39, 0.29) is 44.7 Å². The molecule has 0 atom stereocenters. The number of imidazole rings is 2. The van der Waals surface area contributed by atoms with Gasteiger partial charge >= 0.3 is 21.1 Å². The number of benzene rings is 10. The van der Waals surface area contributed by atoms with E-state index in [1.807, 2.05) is 18.2 Å². The molecule has 0 N–H and O–H groups in total. The molecule has 84 heavy (non-hydrogen) atoms. The third-order valence-electron chi connectivity index (χ3n) is 16.6. The van der Waals surface area contributed by atoms with Crippen LogP contribution < -0.4 is 4.74 Å². The van der Waals surface area contributed by atoms with Gasteiger partial charge < -0.3 is 18.3 Å². The number of aryl methyl sites for hydroxylation is 1. The van der Waals surface area contributed by atoms with Crippen molar-refractivity contribution in [2.24, 2.45) is 0 Å². The first-order valence-corrected chi connectivity index (χ1v) is 29.1. The number of nitrogens with zero attached hydrogens (tertiary/aromatic N) is 5. The maximum Gasteiger partial charge on any atom is 2.00 e. The van der Waals surface area contributed by atoms with Crippen LogP contribution in [-0.2, 0) is 21.1 Å². The minimum absolute atomic E-state index is 0. The predicted octanol–water partition coefficient (Wildman–Crippen LogP) is 20.8. The Balaban J connectivity index is 0.00000658. The summed E-state index contributed by atoms with van der Waals surface area (Å²) in [6.45, 7) is 20.4. The Bertz CT molecular complexity index is 4800. The summed E-state index contributed by atoms with van der Waals surface area (Å²) in [5.74, 6) is 3.28. The van der Waals surface area contributed by atoms with E-state index >= 15 is 0 Å². The van der Waals surface area contributed by atoms with Crippen molar-refractivity contribution in [3.63, 3.8) is 0 Å². The molecular weight excluding hydrogens is 1210 g/mol. The van der Waals surface area contributed by atoms with Gasteiger partial charge in [0.1, 0.15) is 5.58 Å². The molecule has 8 heteroatoms. The average molecular weight is 1270 g/mol.